The van der Waals surface area contributed by atoms with Gasteiger partial charge in [0, 0.05) is 30.5 Å². The van der Waals surface area contributed by atoms with Gasteiger partial charge in [-0.2, -0.15) is 0 Å². The van der Waals surface area contributed by atoms with Crippen LogP contribution in [-0.2, 0) is 4.79 Å². The Labute approximate surface area is 152 Å². The summed E-state index contributed by atoms with van der Waals surface area (Å²) >= 11 is 0. The molecule has 1 aliphatic carbocycles. The van der Waals surface area contributed by atoms with Gasteiger partial charge in [0.15, 0.2) is 0 Å². The molecule has 2 N–H and O–H groups in total. The van der Waals surface area contributed by atoms with Crippen molar-refractivity contribution in [1.29, 1.82) is 0 Å². The van der Waals surface area contributed by atoms with Crippen LogP contribution in [0, 0.1) is 12.0 Å². The third kappa shape index (κ3) is 12.8. The molecule has 23 heavy (non-hydrogen) atoms. The Morgan fingerprint density at radius 1 is 1.13 bits per heavy atom. The van der Waals surface area contributed by atoms with Crippen LogP contribution in [0.3, 0.4) is 0 Å². The van der Waals surface area contributed by atoms with Gasteiger partial charge in [0.05, 0.1) is 7.85 Å². The fourth-order valence-corrected chi connectivity index (χ4v) is 4.17. The predicted octanol–water partition coefficient (Wildman–Crippen LogP) is 3.76. The Kier molecular flexibility index (Phi) is 15.1. The monoisotopic (exact) mass is 354 g/mol. The molecule has 6 heteroatoms. The minimum atomic E-state index is -0.401. The van der Waals surface area contributed by atoms with E-state index in [1.807, 2.05) is 20.9 Å². The van der Waals surface area contributed by atoms with Crippen LogP contribution in [0.15, 0.2) is 0 Å². The fraction of sp³-hybridized carbons (Fsp3) is 0.824. The molecule has 2 radical (unpaired) electrons. The molecule has 0 atom stereocenters. The minimum Gasteiger partial charge on any atom is -0.319 e. The summed E-state index contributed by atoms with van der Waals surface area (Å²) in [6, 6.07) is 2.78. The highest BCUT2D eigenvalue weighted by molar-refractivity contribution is 8.76. The van der Waals surface area contributed by atoms with Crippen molar-refractivity contribution in [3.63, 3.8) is 0 Å². The van der Waals surface area contributed by atoms with E-state index < -0.39 is 5.31 Å². The Hall–Kier alpha value is -0.245. The smallest absolute Gasteiger partial charge is 0.232 e. The normalized spacial score (nSPS) is 16.1. The lowest BCUT2D eigenvalue weighted by Gasteiger charge is -2.20. The molecule has 0 aromatic carbocycles. The van der Waals surface area contributed by atoms with Crippen LogP contribution in [-0.4, -0.2) is 38.9 Å². The summed E-state index contributed by atoms with van der Waals surface area (Å²) in [5.41, 5.74) is 0. The summed E-state index contributed by atoms with van der Waals surface area (Å²) in [5.74, 6) is 4.92. The van der Waals surface area contributed by atoms with Gasteiger partial charge < -0.3 is 5.32 Å². The number of amides is 1. The average molecular weight is 354 g/mol. The van der Waals surface area contributed by atoms with E-state index in [4.69, 9.17) is 7.85 Å². The highest BCUT2D eigenvalue weighted by Crippen LogP contribution is 2.37. The molecular weight excluding hydrogens is 323 g/mol. The molecule has 0 heterocycles. The lowest BCUT2D eigenvalue weighted by atomic mass is 9.64. The summed E-state index contributed by atoms with van der Waals surface area (Å²) in [6.45, 7) is 4.99. The molecule has 130 valence electrons. The van der Waals surface area contributed by atoms with Gasteiger partial charge in [-0.3, -0.25) is 10.1 Å². The van der Waals surface area contributed by atoms with Crippen LogP contribution in [0.4, 0.5) is 0 Å². The largest absolute Gasteiger partial charge is 0.319 e. The zero-order chi connectivity index (χ0) is 17.4. The van der Waals surface area contributed by atoms with Gasteiger partial charge in [-0.05, 0) is 25.2 Å². The van der Waals surface area contributed by atoms with Gasteiger partial charge in [0.25, 0.3) is 0 Å². The molecule has 0 unspecified atom stereocenters. The Balaban J connectivity index is 0.00000232. The van der Waals surface area contributed by atoms with Gasteiger partial charge in [0.2, 0.25) is 5.91 Å². The van der Waals surface area contributed by atoms with Crippen molar-refractivity contribution in [2.45, 2.75) is 64.1 Å². The molecule has 1 fully saturated rings. The van der Waals surface area contributed by atoms with E-state index in [1.54, 1.807) is 21.6 Å². The van der Waals surface area contributed by atoms with Crippen LogP contribution < -0.4 is 10.6 Å². The first-order valence-corrected chi connectivity index (χ1v) is 11.1. The van der Waals surface area contributed by atoms with Crippen LogP contribution in [0.1, 0.15) is 58.8 Å². The van der Waals surface area contributed by atoms with Crippen molar-refractivity contribution in [3.8, 4) is 12.0 Å². The lowest BCUT2D eigenvalue weighted by Crippen LogP contribution is -2.19. The van der Waals surface area contributed by atoms with Crippen LogP contribution in [0.2, 0.25) is 5.31 Å². The van der Waals surface area contributed by atoms with E-state index in [0.29, 0.717) is 6.42 Å². The third-order valence-electron chi connectivity index (χ3n) is 3.44. The Bertz CT molecular complexity index is 361. The van der Waals surface area contributed by atoms with E-state index in [-0.39, 0.29) is 5.91 Å². The fourth-order valence-electron chi connectivity index (χ4n) is 2.17. The number of rotatable bonds is 7. The minimum absolute atomic E-state index is 0.0126. The van der Waals surface area contributed by atoms with E-state index in [1.165, 1.54) is 12.8 Å². The number of hydrogen-bond acceptors (Lipinski definition) is 4. The first-order valence-electron chi connectivity index (χ1n) is 8.65. The zero-order valence-corrected chi connectivity index (χ0v) is 16.5. The number of carbonyl (C=O) groups is 1. The summed E-state index contributed by atoms with van der Waals surface area (Å²) in [5, 5.41) is 5.35. The molecule has 3 nitrogen and oxygen atoms in total. The second kappa shape index (κ2) is 15.3. The summed E-state index contributed by atoms with van der Waals surface area (Å²) in [7, 11) is 11.7. The second-order valence-electron chi connectivity index (χ2n) is 5.37. The van der Waals surface area contributed by atoms with Crippen molar-refractivity contribution in [1.82, 2.24) is 10.6 Å². The third-order valence-corrected chi connectivity index (χ3v) is 5.85. The van der Waals surface area contributed by atoms with Crippen LogP contribution in [0.25, 0.3) is 0 Å². The average Bonchev–Trinajstić information content (AvgIpc) is 2.77. The van der Waals surface area contributed by atoms with Crippen molar-refractivity contribution in [2.24, 2.45) is 0 Å². The van der Waals surface area contributed by atoms with E-state index in [2.05, 4.69) is 22.6 Å². The Morgan fingerprint density at radius 2 is 1.74 bits per heavy atom. The SMILES string of the molecule is CC.[B]C1(C#CNC(=O)CCSSCCNC)CCCCCC1. The van der Waals surface area contributed by atoms with Gasteiger partial charge in [-0.25, -0.2) is 0 Å². The topological polar surface area (TPSA) is 41.1 Å². The molecule has 0 bridgehead atoms. The summed E-state index contributed by atoms with van der Waals surface area (Å²) in [4.78, 5) is 11.7. The molecule has 0 saturated heterocycles. The molecule has 0 aliphatic heterocycles. The summed E-state index contributed by atoms with van der Waals surface area (Å²) < 4.78 is 0. The van der Waals surface area contributed by atoms with Gasteiger partial charge in [-0.1, -0.05) is 67.0 Å². The number of hydrogen-bond donors (Lipinski definition) is 2. The quantitative estimate of drug-likeness (QED) is 0.182. The summed E-state index contributed by atoms with van der Waals surface area (Å²) in [6.07, 6.45) is 7.15. The molecule has 0 spiro atoms. The van der Waals surface area contributed by atoms with Crippen molar-refractivity contribution in [2.75, 3.05) is 25.1 Å². The van der Waals surface area contributed by atoms with E-state index in [9.17, 15) is 4.79 Å². The van der Waals surface area contributed by atoms with Gasteiger partial charge in [0.1, 0.15) is 0 Å². The highest BCUT2D eigenvalue weighted by Gasteiger charge is 2.22. The zero-order valence-electron chi connectivity index (χ0n) is 14.9. The molecule has 1 saturated carbocycles. The first-order chi connectivity index (χ1) is 11.2. The van der Waals surface area contributed by atoms with Crippen LogP contribution >= 0.6 is 21.6 Å². The lowest BCUT2D eigenvalue weighted by molar-refractivity contribution is -0.119. The molecule has 1 rings (SSSR count). The maximum absolute atomic E-state index is 11.7. The second-order valence-corrected chi connectivity index (χ2v) is 8.07. The Morgan fingerprint density at radius 3 is 2.35 bits per heavy atom. The van der Waals surface area contributed by atoms with Gasteiger partial charge in [-0.15, -0.1) is 0 Å². The highest BCUT2D eigenvalue weighted by atomic mass is 33.1. The maximum Gasteiger partial charge on any atom is 0.232 e. The van der Waals surface area contributed by atoms with Crippen molar-refractivity contribution >= 4 is 35.3 Å². The molecular formula is C17H31BN2OS2. The standard InChI is InChI=1S/C15H25BN2OS2.C2H6/c1-17-11-13-21-20-12-6-14(19)18-10-9-15(16)7-4-2-3-5-8-15;1-2/h17H,2-8,11-13H2,1H3,(H,18,19);1-2H3. The van der Waals surface area contributed by atoms with Gasteiger partial charge >= 0.3 is 0 Å². The number of carbonyl (C=O) groups excluding carboxylic acids is 1. The van der Waals surface area contributed by atoms with Crippen molar-refractivity contribution in [3.05, 3.63) is 0 Å². The molecule has 0 aromatic heterocycles. The number of nitrogens with one attached hydrogen (secondary N) is 2. The van der Waals surface area contributed by atoms with Crippen LogP contribution in [0.5, 0.6) is 0 Å². The van der Waals surface area contributed by atoms with Crippen molar-refractivity contribution < 1.29 is 4.79 Å². The molecule has 1 amide bonds. The van der Waals surface area contributed by atoms with E-state index >= 15 is 0 Å². The predicted molar refractivity (Wildman–Crippen MR) is 107 cm³/mol. The first kappa shape index (κ1) is 22.8. The maximum atomic E-state index is 11.7. The molecule has 0 aromatic rings. The van der Waals surface area contributed by atoms with E-state index in [0.717, 1.165) is 43.7 Å². The molecule has 1 aliphatic rings.